The molecule has 23 heavy (non-hydrogen) atoms. The molecule has 2 atom stereocenters. The van der Waals surface area contributed by atoms with Crippen molar-refractivity contribution in [2.45, 2.75) is 32.3 Å². The molecule has 0 radical (unpaired) electrons. The number of carbonyl (C=O) groups excluding carboxylic acids is 3. The largest absolute Gasteiger partial charge is 0.274 e. The summed E-state index contributed by atoms with van der Waals surface area (Å²) in [6.07, 6.45) is 3.44. The van der Waals surface area contributed by atoms with Crippen molar-refractivity contribution < 1.29 is 19.2 Å². The van der Waals surface area contributed by atoms with Crippen LogP contribution in [0, 0.1) is 11.8 Å². The van der Waals surface area contributed by atoms with E-state index in [-0.39, 0.29) is 36.8 Å². The second-order valence-electron chi connectivity index (χ2n) is 6.06. The monoisotopic (exact) mass is 316 g/mol. The van der Waals surface area contributed by atoms with Crippen molar-refractivity contribution in [3.8, 4) is 0 Å². The fourth-order valence-corrected chi connectivity index (χ4v) is 3.34. The Bertz CT molecular complexity index is 578. The summed E-state index contributed by atoms with van der Waals surface area (Å²) in [4.78, 5) is 42.7. The molecule has 1 aromatic rings. The van der Waals surface area contributed by atoms with E-state index in [1.54, 1.807) is 0 Å². The summed E-state index contributed by atoms with van der Waals surface area (Å²) in [5.74, 6) is -1.36. The lowest BCUT2D eigenvalue weighted by atomic mass is 9.81. The Labute approximate surface area is 134 Å². The SMILES string of the molecule is O=C(CN1C(=O)[C@H]2CCCC[C@@H]2C1=O)NOCc1ccccc1. The van der Waals surface area contributed by atoms with Gasteiger partial charge in [0.05, 0.1) is 18.4 Å². The third-order valence-corrected chi connectivity index (χ3v) is 4.50. The maximum absolute atomic E-state index is 12.3. The second kappa shape index (κ2) is 6.91. The van der Waals surface area contributed by atoms with Gasteiger partial charge >= 0.3 is 0 Å². The molecule has 0 spiro atoms. The number of fused-ring (bicyclic) bond motifs is 1. The van der Waals surface area contributed by atoms with Gasteiger partial charge < -0.3 is 0 Å². The Morgan fingerprint density at radius 2 is 1.70 bits per heavy atom. The summed E-state index contributed by atoms with van der Waals surface area (Å²) in [5, 5.41) is 0. The third kappa shape index (κ3) is 3.42. The third-order valence-electron chi connectivity index (χ3n) is 4.50. The van der Waals surface area contributed by atoms with Gasteiger partial charge in [0.2, 0.25) is 11.8 Å². The van der Waals surface area contributed by atoms with Gasteiger partial charge in [0.15, 0.2) is 0 Å². The van der Waals surface area contributed by atoms with Crippen LogP contribution in [-0.2, 0) is 25.8 Å². The Morgan fingerprint density at radius 1 is 1.09 bits per heavy atom. The molecule has 2 fully saturated rings. The zero-order chi connectivity index (χ0) is 16.2. The van der Waals surface area contributed by atoms with E-state index in [1.165, 1.54) is 0 Å². The predicted molar refractivity (Wildman–Crippen MR) is 81.5 cm³/mol. The average molecular weight is 316 g/mol. The van der Waals surface area contributed by atoms with Crippen molar-refractivity contribution in [2.75, 3.05) is 6.54 Å². The van der Waals surface area contributed by atoms with Crippen LogP contribution in [0.25, 0.3) is 0 Å². The van der Waals surface area contributed by atoms with E-state index in [2.05, 4.69) is 5.48 Å². The number of nitrogens with one attached hydrogen (secondary N) is 1. The van der Waals surface area contributed by atoms with Crippen LogP contribution in [0.4, 0.5) is 0 Å². The van der Waals surface area contributed by atoms with Gasteiger partial charge in [0, 0.05) is 0 Å². The summed E-state index contributed by atoms with van der Waals surface area (Å²) in [5.41, 5.74) is 3.22. The first-order valence-corrected chi connectivity index (χ1v) is 7.96. The van der Waals surface area contributed by atoms with Gasteiger partial charge in [-0.1, -0.05) is 43.2 Å². The summed E-state index contributed by atoms with van der Waals surface area (Å²) < 4.78 is 0. The molecule has 1 saturated heterocycles. The van der Waals surface area contributed by atoms with E-state index < -0.39 is 5.91 Å². The first-order valence-electron chi connectivity index (χ1n) is 7.96. The highest BCUT2D eigenvalue weighted by Crippen LogP contribution is 2.37. The molecule has 122 valence electrons. The maximum atomic E-state index is 12.3. The Hall–Kier alpha value is -2.21. The molecule has 3 rings (SSSR count). The molecule has 1 aromatic carbocycles. The zero-order valence-electron chi connectivity index (χ0n) is 12.9. The van der Waals surface area contributed by atoms with Gasteiger partial charge in [-0.05, 0) is 18.4 Å². The molecule has 1 heterocycles. The molecule has 0 unspecified atom stereocenters. The van der Waals surface area contributed by atoms with Crippen molar-refractivity contribution in [3.05, 3.63) is 35.9 Å². The fraction of sp³-hybridized carbons (Fsp3) is 0.471. The molecular formula is C17H20N2O4. The predicted octanol–water partition coefficient (Wildman–Crippen LogP) is 1.41. The van der Waals surface area contributed by atoms with E-state index in [0.29, 0.717) is 0 Å². The smallest absolute Gasteiger partial charge is 0.263 e. The minimum absolute atomic E-state index is 0.210. The van der Waals surface area contributed by atoms with E-state index in [1.807, 2.05) is 30.3 Å². The van der Waals surface area contributed by atoms with E-state index >= 15 is 0 Å². The highest BCUT2D eigenvalue weighted by molar-refractivity contribution is 6.07. The van der Waals surface area contributed by atoms with Gasteiger partial charge in [0.1, 0.15) is 6.54 Å². The molecule has 0 bridgehead atoms. The number of hydroxylamine groups is 1. The van der Waals surface area contributed by atoms with Gasteiger partial charge in [0.25, 0.3) is 5.91 Å². The molecule has 6 heteroatoms. The van der Waals surface area contributed by atoms with Crippen LogP contribution in [0.3, 0.4) is 0 Å². The lowest BCUT2D eigenvalue weighted by Crippen LogP contribution is -2.41. The first kappa shape index (κ1) is 15.7. The molecule has 3 amide bonds. The van der Waals surface area contributed by atoms with Crippen LogP contribution in [0.1, 0.15) is 31.2 Å². The Morgan fingerprint density at radius 3 is 2.30 bits per heavy atom. The van der Waals surface area contributed by atoms with Crippen molar-refractivity contribution in [1.82, 2.24) is 10.4 Å². The molecule has 1 aliphatic heterocycles. The highest BCUT2D eigenvalue weighted by Gasteiger charge is 2.48. The van der Waals surface area contributed by atoms with Crippen LogP contribution in [-0.4, -0.2) is 29.2 Å². The van der Waals surface area contributed by atoms with Crippen molar-refractivity contribution in [2.24, 2.45) is 11.8 Å². The van der Waals surface area contributed by atoms with Gasteiger partial charge in [-0.15, -0.1) is 0 Å². The molecule has 1 aliphatic carbocycles. The number of likely N-dealkylation sites (tertiary alicyclic amines) is 1. The second-order valence-corrected chi connectivity index (χ2v) is 6.06. The lowest BCUT2D eigenvalue weighted by Gasteiger charge is -2.19. The summed E-state index contributed by atoms with van der Waals surface area (Å²) in [7, 11) is 0. The van der Waals surface area contributed by atoms with E-state index in [0.717, 1.165) is 36.1 Å². The average Bonchev–Trinajstić information content (AvgIpc) is 2.81. The lowest BCUT2D eigenvalue weighted by molar-refractivity contribution is -0.147. The van der Waals surface area contributed by atoms with Crippen LogP contribution in [0.5, 0.6) is 0 Å². The number of imide groups is 1. The highest BCUT2D eigenvalue weighted by atomic mass is 16.6. The summed E-state index contributed by atoms with van der Waals surface area (Å²) >= 11 is 0. The Kier molecular flexibility index (Phi) is 4.71. The molecule has 0 aromatic heterocycles. The van der Waals surface area contributed by atoms with Crippen LogP contribution in [0.2, 0.25) is 0 Å². The van der Waals surface area contributed by atoms with E-state index in [9.17, 15) is 14.4 Å². The number of rotatable bonds is 5. The van der Waals surface area contributed by atoms with Crippen molar-refractivity contribution in [3.63, 3.8) is 0 Å². The zero-order valence-corrected chi connectivity index (χ0v) is 12.9. The summed E-state index contributed by atoms with van der Waals surface area (Å²) in [6, 6.07) is 9.41. The van der Waals surface area contributed by atoms with Gasteiger partial charge in [-0.25, -0.2) is 5.48 Å². The summed E-state index contributed by atoms with van der Waals surface area (Å²) in [6.45, 7) is -0.0286. The molecule has 6 nitrogen and oxygen atoms in total. The van der Waals surface area contributed by atoms with Crippen molar-refractivity contribution in [1.29, 1.82) is 0 Å². The van der Waals surface area contributed by atoms with Crippen LogP contribution >= 0.6 is 0 Å². The van der Waals surface area contributed by atoms with Crippen LogP contribution in [0.15, 0.2) is 30.3 Å². The number of hydrogen-bond donors (Lipinski definition) is 1. The molecule has 1 saturated carbocycles. The molecule has 1 N–H and O–H groups in total. The molecule has 2 aliphatic rings. The fourth-order valence-electron chi connectivity index (χ4n) is 3.34. The number of amides is 3. The quantitative estimate of drug-likeness (QED) is 0.658. The minimum Gasteiger partial charge on any atom is -0.274 e. The van der Waals surface area contributed by atoms with Crippen molar-refractivity contribution >= 4 is 17.7 Å². The Balaban J connectivity index is 1.49. The number of hydrogen-bond acceptors (Lipinski definition) is 4. The maximum Gasteiger partial charge on any atom is 0.263 e. The topological polar surface area (TPSA) is 75.7 Å². The minimum atomic E-state index is -0.485. The number of benzene rings is 1. The van der Waals surface area contributed by atoms with E-state index in [4.69, 9.17) is 4.84 Å². The standard InChI is InChI=1S/C17H20N2O4/c20-15(18-23-11-12-6-2-1-3-7-12)10-19-16(21)13-8-4-5-9-14(13)17(19)22/h1-3,6-7,13-14H,4-5,8-11H2,(H,18,20)/t13-,14-/m0/s1. The van der Waals surface area contributed by atoms with Crippen LogP contribution < -0.4 is 5.48 Å². The van der Waals surface area contributed by atoms with Gasteiger partial charge in [-0.2, -0.15) is 0 Å². The van der Waals surface area contributed by atoms with Gasteiger partial charge in [-0.3, -0.25) is 24.1 Å². The number of nitrogens with zero attached hydrogens (tertiary/aromatic N) is 1. The number of carbonyl (C=O) groups is 3. The molecular weight excluding hydrogens is 296 g/mol. The first-order chi connectivity index (χ1) is 11.2. The normalized spacial score (nSPS) is 23.7.